The maximum Gasteiger partial charge on any atom is 0.269 e. The molecule has 0 aliphatic heterocycles. The van der Waals surface area contributed by atoms with Gasteiger partial charge in [0, 0.05) is 35.8 Å². The molecule has 0 atom stereocenters. The Hall–Kier alpha value is -3.22. The van der Waals surface area contributed by atoms with Crippen LogP contribution in [-0.4, -0.2) is 16.7 Å². The summed E-state index contributed by atoms with van der Waals surface area (Å²) in [4.78, 5) is 34.6. The van der Waals surface area contributed by atoms with Gasteiger partial charge in [0.15, 0.2) is 0 Å². The molecule has 1 aliphatic carbocycles. The number of carbonyl (C=O) groups is 2. The van der Waals surface area contributed by atoms with Crippen LogP contribution in [0.1, 0.15) is 41.6 Å². The summed E-state index contributed by atoms with van der Waals surface area (Å²) in [5.74, 6) is -0.166. The number of rotatable bonds is 6. The number of hydrogen-bond acceptors (Lipinski definition) is 4. The second-order valence-corrected chi connectivity index (χ2v) is 6.66. The Balaban J connectivity index is 1.56. The molecule has 1 fully saturated rings. The third-order valence-electron chi connectivity index (χ3n) is 4.71. The average Bonchev–Trinajstić information content (AvgIpc) is 3.21. The van der Waals surface area contributed by atoms with Crippen molar-refractivity contribution in [2.45, 2.75) is 32.2 Å². The summed E-state index contributed by atoms with van der Waals surface area (Å²) in [7, 11) is 0. The van der Waals surface area contributed by atoms with E-state index < -0.39 is 4.92 Å². The molecule has 0 heterocycles. The van der Waals surface area contributed by atoms with Crippen LogP contribution in [0.4, 0.5) is 11.4 Å². The number of nitro benzene ring substituents is 1. The van der Waals surface area contributed by atoms with E-state index in [-0.39, 0.29) is 23.4 Å². The summed E-state index contributed by atoms with van der Waals surface area (Å²) >= 11 is 0. The Morgan fingerprint density at radius 1 is 1.07 bits per heavy atom. The van der Waals surface area contributed by atoms with E-state index in [1.807, 2.05) is 24.3 Å². The molecule has 7 nitrogen and oxygen atoms in total. The lowest BCUT2D eigenvalue weighted by molar-refractivity contribution is -0.384. The molecule has 7 heteroatoms. The summed E-state index contributed by atoms with van der Waals surface area (Å²) in [6.07, 6.45) is 4.09. The predicted molar refractivity (Wildman–Crippen MR) is 101 cm³/mol. The average molecular weight is 367 g/mol. The Morgan fingerprint density at radius 2 is 1.78 bits per heavy atom. The van der Waals surface area contributed by atoms with Crippen LogP contribution in [0.15, 0.2) is 48.5 Å². The van der Waals surface area contributed by atoms with Crippen molar-refractivity contribution < 1.29 is 14.5 Å². The quantitative estimate of drug-likeness (QED) is 0.601. The molecule has 27 heavy (non-hydrogen) atoms. The van der Waals surface area contributed by atoms with Gasteiger partial charge >= 0.3 is 0 Å². The summed E-state index contributed by atoms with van der Waals surface area (Å²) in [5.41, 5.74) is 1.87. The number of nitrogens with one attached hydrogen (secondary N) is 2. The van der Waals surface area contributed by atoms with Crippen molar-refractivity contribution in [1.82, 2.24) is 5.32 Å². The molecule has 2 aromatic carbocycles. The Morgan fingerprint density at radius 3 is 2.44 bits per heavy atom. The highest BCUT2D eigenvalue weighted by Crippen LogP contribution is 2.26. The molecule has 0 bridgehead atoms. The van der Waals surface area contributed by atoms with Crippen molar-refractivity contribution in [2.75, 3.05) is 5.32 Å². The minimum Gasteiger partial charge on any atom is -0.348 e. The molecule has 0 radical (unpaired) electrons. The van der Waals surface area contributed by atoms with Gasteiger partial charge in [-0.25, -0.2) is 0 Å². The van der Waals surface area contributed by atoms with Gasteiger partial charge in [-0.1, -0.05) is 25.0 Å². The number of amides is 2. The zero-order valence-corrected chi connectivity index (χ0v) is 14.8. The molecule has 140 valence electrons. The Kier molecular flexibility index (Phi) is 5.80. The standard InChI is InChI=1S/C20H21N3O4/c24-19(16-8-10-18(11-9-16)23(26)27)21-13-14-4-3-7-17(12-14)22-20(25)15-5-1-2-6-15/h3-4,7-12,15H,1-2,5-6,13H2,(H,21,24)(H,22,25). The van der Waals surface area contributed by atoms with Crippen molar-refractivity contribution in [3.8, 4) is 0 Å². The van der Waals surface area contributed by atoms with Crippen molar-refractivity contribution in [3.05, 3.63) is 69.8 Å². The first-order valence-electron chi connectivity index (χ1n) is 8.95. The number of hydrogen-bond donors (Lipinski definition) is 2. The fraction of sp³-hybridized carbons (Fsp3) is 0.300. The largest absolute Gasteiger partial charge is 0.348 e. The molecule has 1 saturated carbocycles. The first-order chi connectivity index (χ1) is 13.0. The van der Waals surface area contributed by atoms with Crippen LogP contribution in [0.2, 0.25) is 0 Å². The molecule has 3 rings (SSSR count). The van der Waals surface area contributed by atoms with E-state index in [1.165, 1.54) is 24.3 Å². The van der Waals surface area contributed by atoms with Gasteiger partial charge in [0.25, 0.3) is 11.6 Å². The van der Waals surface area contributed by atoms with E-state index in [4.69, 9.17) is 0 Å². The Bertz CT molecular complexity index is 843. The zero-order valence-electron chi connectivity index (χ0n) is 14.8. The molecular weight excluding hydrogens is 346 g/mol. The number of carbonyl (C=O) groups excluding carboxylic acids is 2. The second-order valence-electron chi connectivity index (χ2n) is 6.66. The molecule has 0 unspecified atom stereocenters. The summed E-state index contributed by atoms with van der Waals surface area (Å²) < 4.78 is 0. The van der Waals surface area contributed by atoms with E-state index in [2.05, 4.69) is 10.6 Å². The minimum absolute atomic E-state index is 0.0552. The molecule has 2 amide bonds. The molecular formula is C20H21N3O4. The smallest absolute Gasteiger partial charge is 0.269 e. The molecule has 1 aliphatic rings. The monoisotopic (exact) mass is 367 g/mol. The lowest BCUT2D eigenvalue weighted by Gasteiger charge is -2.12. The van der Waals surface area contributed by atoms with E-state index in [0.29, 0.717) is 17.8 Å². The van der Waals surface area contributed by atoms with Gasteiger partial charge in [0.05, 0.1) is 4.92 Å². The van der Waals surface area contributed by atoms with Crippen LogP contribution in [-0.2, 0) is 11.3 Å². The topological polar surface area (TPSA) is 101 Å². The lowest BCUT2D eigenvalue weighted by atomic mass is 10.1. The van der Waals surface area contributed by atoms with Gasteiger partial charge in [0.1, 0.15) is 0 Å². The highest BCUT2D eigenvalue weighted by molar-refractivity contribution is 5.94. The summed E-state index contributed by atoms with van der Waals surface area (Å²) in [6, 6.07) is 12.8. The third-order valence-corrected chi connectivity index (χ3v) is 4.71. The lowest BCUT2D eigenvalue weighted by Crippen LogP contribution is -2.23. The van der Waals surface area contributed by atoms with Crippen molar-refractivity contribution in [1.29, 1.82) is 0 Å². The van der Waals surface area contributed by atoms with E-state index in [0.717, 1.165) is 31.2 Å². The van der Waals surface area contributed by atoms with Crippen molar-refractivity contribution in [3.63, 3.8) is 0 Å². The highest BCUT2D eigenvalue weighted by atomic mass is 16.6. The van der Waals surface area contributed by atoms with Gasteiger partial charge in [0.2, 0.25) is 5.91 Å². The molecule has 2 aromatic rings. The number of benzene rings is 2. The van der Waals surface area contributed by atoms with Crippen LogP contribution < -0.4 is 10.6 Å². The normalized spacial score (nSPS) is 13.9. The van der Waals surface area contributed by atoms with Crippen molar-refractivity contribution in [2.24, 2.45) is 5.92 Å². The van der Waals surface area contributed by atoms with Crippen LogP contribution in [0.3, 0.4) is 0 Å². The van der Waals surface area contributed by atoms with E-state index in [1.54, 1.807) is 0 Å². The predicted octanol–water partition coefficient (Wildman–Crippen LogP) is 3.65. The third kappa shape index (κ3) is 4.91. The Labute approximate surface area is 156 Å². The first-order valence-corrected chi connectivity index (χ1v) is 8.95. The van der Waals surface area contributed by atoms with Gasteiger partial charge in [-0.15, -0.1) is 0 Å². The molecule has 0 saturated heterocycles. The minimum atomic E-state index is -0.507. The maximum absolute atomic E-state index is 12.2. The van der Waals surface area contributed by atoms with Gasteiger partial charge in [-0.2, -0.15) is 0 Å². The van der Waals surface area contributed by atoms with Crippen LogP contribution in [0.5, 0.6) is 0 Å². The van der Waals surface area contributed by atoms with Crippen LogP contribution >= 0.6 is 0 Å². The van der Waals surface area contributed by atoms with Gasteiger partial charge in [-0.3, -0.25) is 19.7 Å². The van der Waals surface area contributed by atoms with E-state index in [9.17, 15) is 19.7 Å². The van der Waals surface area contributed by atoms with Gasteiger partial charge in [-0.05, 0) is 42.7 Å². The number of nitrogens with zero attached hydrogens (tertiary/aromatic N) is 1. The van der Waals surface area contributed by atoms with E-state index >= 15 is 0 Å². The van der Waals surface area contributed by atoms with Crippen LogP contribution in [0.25, 0.3) is 0 Å². The van der Waals surface area contributed by atoms with Gasteiger partial charge < -0.3 is 10.6 Å². The van der Waals surface area contributed by atoms with Crippen molar-refractivity contribution >= 4 is 23.2 Å². The number of anilines is 1. The number of non-ortho nitro benzene ring substituents is 1. The highest BCUT2D eigenvalue weighted by Gasteiger charge is 2.22. The zero-order chi connectivity index (χ0) is 19.2. The fourth-order valence-electron chi connectivity index (χ4n) is 3.21. The maximum atomic E-state index is 12.2. The first kappa shape index (κ1) is 18.6. The van der Waals surface area contributed by atoms with Crippen LogP contribution in [0, 0.1) is 16.0 Å². The summed E-state index contributed by atoms with van der Waals surface area (Å²) in [6.45, 7) is 0.295. The number of nitro groups is 1. The SMILES string of the molecule is O=C(NCc1cccc(NC(=O)C2CCCC2)c1)c1ccc([N+](=O)[O-])cc1. The molecule has 0 aromatic heterocycles. The second kappa shape index (κ2) is 8.44. The molecule has 0 spiro atoms. The summed E-state index contributed by atoms with van der Waals surface area (Å²) in [5, 5.41) is 16.4. The molecule has 2 N–H and O–H groups in total. The fourth-order valence-corrected chi connectivity index (χ4v) is 3.21.